The lowest BCUT2D eigenvalue weighted by molar-refractivity contribution is -0.148. The molecule has 7 nitrogen and oxygen atoms in total. The fraction of sp³-hybridized carbons (Fsp3) is 0.296. The Morgan fingerprint density at radius 3 is 2.18 bits per heavy atom. The van der Waals surface area contributed by atoms with Crippen LogP contribution in [0, 0.1) is 0 Å². The van der Waals surface area contributed by atoms with Crippen molar-refractivity contribution in [3.8, 4) is 11.1 Å². The third-order valence-corrected chi connectivity index (χ3v) is 5.85. The van der Waals surface area contributed by atoms with Gasteiger partial charge in [-0.25, -0.2) is 5.90 Å². The summed E-state index contributed by atoms with van der Waals surface area (Å²) in [5.74, 6) is 4.96. The third kappa shape index (κ3) is 6.96. The molecule has 0 saturated carbocycles. The first-order chi connectivity index (χ1) is 16.7. The molecule has 3 aromatic carbocycles. The number of hydrogen-bond donors (Lipinski definition) is 3. The van der Waals surface area contributed by atoms with Crippen LogP contribution >= 0.6 is 0 Å². The summed E-state index contributed by atoms with van der Waals surface area (Å²) in [6.07, 6.45) is 1.53. The van der Waals surface area contributed by atoms with Crippen molar-refractivity contribution in [2.24, 2.45) is 5.90 Å². The predicted octanol–water partition coefficient (Wildman–Crippen LogP) is 3.63. The molecule has 0 bridgehead atoms. The standard InChI is InChI=1S/C27H31N3O4/c28-33-18-22-9-5-11-24(15-22)23-10-4-8-21(14-23)17-32-27(31)26-13-12-25(16-29-26)30-34-19-20-6-2-1-3-7-20/h1-11,14-15,25-26,29-30H,12-13,16-19,28H2/t25?,26-/m0/s1. The first-order valence-corrected chi connectivity index (χ1v) is 11.5. The normalized spacial score (nSPS) is 17.9. The van der Waals surface area contributed by atoms with Gasteiger partial charge < -0.3 is 10.1 Å². The number of nitrogens with one attached hydrogen (secondary N) is 2. The van der Waals surface area contributed by atoms with E-state index in [4.69, 9.17) is 20.3 Å². The Labute approximate surface area is 200 Å². The zero-order valence-electron chi connectivity index (χ0n) is 19.1. The summed E-state index contributed by atoms with van der Waals surface area (Å²) in [4.78, 5) is 22.9. The highest BCUT2D eigenvalue weighted by Crippen LogP contribution is 2.22. The van der Waals surface area contributed by atoms with Gasteiger partial charge in [-0.2, -0.15) is 5.48 Å². The van der Waals surface area contributed by atoms with Crippen molar-refractivity contribution in [2.75, 3.05) is 6.54 Å². The van der Waals surface area contributed by atoms with Crippen LogP contribution in [0.25, 0.3) is 11.1 Å². The number of piperidine rings is 1. The molecule has 34 heavy (non-hydrogen) atoms. The minimum absolute atomic E-state index is 0.157. The molecule has 0 aliphatic carbocycles. The maximum atomic E-state index is 12.6. The van der Waals surface area contributed by atoms with Gasteiger partial charge in [-0.3, -0.25) is 14.5 Å². The van der Waals surface area contributed by atoms with Crippen LogP contribution in [0.5, 0.6) is 0 Å². The van der Waals surface area contributed by atoms with E-state index in [1.165, 1.54) is 0 Å². The lowest BCUT2D eigenvalue weighted by Crippen LogP contribution is -2.51. The van der Waals surface area contributed by atoms with Crippen molar-refractivity contribution >= 4 is 5.97 Å². The van der Waals surface area contributed by atoms with E-state index in [2.05, 4.69) is 10.8 Å². The molecule has 7 heteroatoms. The van der Waals surface area contributed by atoms with E-state index in [0.717, 1.165) is 34.2 Å². The van der Waals surface area contributed by atoms with E-state index in [9.17, 15) is 4.79 Å². The molecule has 2 atom stereocenters. The van der Waals surface area contributed by atoms with Crippen LogP contribution in [0.15, 0.2) is 78.9 Å². The topological polar surface area (TPSA) is 94.8 Å². The number of carbonyl (C=O) groups excluding carboxylic acids is 1. The summed E-state index contributed by atoms with van der Waals surface area (Å²) in [6, 6.07) is 25.9. The molecule has 0 amide bonds. The van der Waals surface area contributed by atoms with Crippen LogP contribution < -0.4 is 16.7 Å². The van der Waals surface area contributed by atoms with Crippen molar-refractivity contribution in [3.63, 3.8) is 0 Å². The molecule has 4 N–H and O–H groups in total. The van der Waals surface area contributed by atoms with Crippen molar-refractivity contribution in [2.45, 2.75) is 44.7 Å². The maximum absolute atomic E-state index is 12.6. The van der Waals surface area contributed by atoms with Crippen molar-refractivity contribution < 1.29 is 19.2 Å². The molecule has 1 saturated heterocycles. The third-order valence-electron chi connectivity index (χ3n) is 5.85. The molecule has 1 fully saturated rings. The number of carbonyl (C=O) groups is 1. The van der Waals surface area contributed by atoms with Gasteiger partial charge in [0.25, 0.3) is 0 Å². The average molecular weight is 462 g/mol. The van der Waals surface area contributed by atoms with Gasteiger partial charge in [-0.05, 0) is 52.8 Å². The fourth-order valence-electron chi connectivity index (χ4n) is 4.01. The van der Waals surface area contributed by atoms with Gasteiger partial charge in [-0.1, -0.05) is 66.7 Å². The van der Waals surface area contributed by atoms with Gasteiger partial charge in [0.2, 0.25) is 0 Å². The van der Waals surface area contributed by atoms with Gasteiger partial charge in [-0.15, -0.1) is 0 Å². The molecule has 0 aromatic heterocycles. The van der Waals surface area contributed by atoms with Crippen molar-refractivity contribution in [3.05, 3.63) is 95.6 Å². The van der Waals surface area contributed by atoms with E-state index in [1.807, 2.05) is 78.9 Å². The van der Waals surface area contributed by atoms with Gasteiger partial charge in [0.15, 0.2) is 0 Å². The Kier molecular flexibility index (Phi) is 8.78. The largest absolute Gasteiger partial charge is 0.460 e. The van der Waals surface area contributed by atoms with Gasteiger partial charge >= 0.3 is 5.97 Å². The molecule has 1 aliphatic heterocycles. The number of hydrogen-bond acceptors (Lipinski definition) is 7. The highest BCUT2D eigenvalue weighted by Gasteiger charge is 2.27. The highest BCUT2D eigenvalue weighted by molar-refractivity contribution is 5.76. The summed E-state index contributed by atoms with van der Waals surface area (Å²) in [5.41, 5.74) is 8.25. The van der Waals surface area contributed by atoms with Crippen LogP contribution in [-0.4, -0.2) is 24.6 Å². The summed E-state index contributed by atoms with van der Waals surface area (Å²) < 4.78 is 5.61. The van der Waals surface area contributed by atoms with E-state index >= 15 is 0 Å². The highest BCUT2D eigenvalue weighted by atomic mass is 16.6. The molecule has 3 aromatic rings. The van der Waals surface area contributed by atoms with Crippen LogP contribution in [0.2, 0.25) is 0 Å². The summed E-state index contributed by atoms with van der Waals surface area (Å²) in [7, 11) is 0. The zero-order valence-corrected chi connectivity index (χ0v) is 19.1. The smallest absolute Gasteiger partial charge is 0.323 e. The molecule has 1 unspecified atom stereocenters. The number of ether oxygens (including phenoxy) is 1. The summed E-state index contributed by atoms with van der Waals surface area (Å²) in [5, 5.41) is 3.27. The molecule has 0 radical (unpaired) electrons. The Morgan fingerprint density at radius 1 is 0.853 bits per heavy atom. The quantitative estimate of drug-likeness (QED) is 0.313. The second-order valence-electron chi connectivity index (χ2n) is 8.45. The van der Waals surface area contributed by atoms with Crippen molar-refractivity contribution in [1.82, 2.24) is 10.8 Å². The molecule has 178 valence electrons. The van der Waals surface area contributed by atoms with E-state index in [0.29, 0.717) is 26.2 Å². The van der Waals surface area contributed by atoms with E-state index in [-0.39, 0.29) is 24.7 Å². The number of benzene rings is 3. The Hall–Kier alpha value is -3.07. The lowest BCUT2D eigenvalue weighted by atomic mass is 10.0. The number of rotatable bonds is 10. The number of esters is 1. The molecular weight excluding hydrogens is 430 g/mol. The minimum Gasteiger partial charge on any atom is -0.460 e. The van der Waals surface area contributed by atoms with Gasteiger partial charge in [0, 0.05) is 12.6 Å². The zero-order chi connectivity index (χ0) is 23.6. The number of hydroxylamine groups is 1. The minimum atomic E-state index is -0.302. The Balaban J connectivity index is 1.21. The first kappa shape index (κ1) is 24.1. The van der Waals surface area contributed by atoms with Crippen LogP contribution in [0.1, 0.15) is 29.5 Å². The van der Waals surface area contributed by atoms with E-state index < -0.39 is 0 Å². The maximum Gasteiger partial charge on any atom is 0.323 e. The molecule has 1 aliphatic rings. The van der Waals surface area contributed by atoms with Crippen LogP contribution in [0.3, 0.4) is 0 Å². The Morgan fingerprint density at radius 2 is 1.53 bits per heavy atom. The number of nitrogens with two attached hydrogens (primary N) is 1. The molecular formula is C27H31N3O4. The lowest BCUT2D eigenvalue weighted by Gasteiger charge is -2.28. The van der Waals surface area contributed by atoms with Gasteiger partial charge in [0.05, 0.1) is 13.2 Å². The monoisotopic (exact) mass is 461 g/mol. The Bertz CT molecular complexity index is 1050. The molecule has 4 rings (SSSR count). The summed E-state index contributed by atoms with van der Waals surface area (Å²) >= 11 is 0. The van der Waals surface area contributed by atoms with Crippen LogP contribution in [0.4, 0.5) is 0 Å². The second kappa shape index (κ2) is 12.4. The van der Waals surface area contributed by atoms with Crippen LogP contribution in [-0.2, 0) is 39.0 Å². The van der Waals surface area contributed by atoms with Crippen molar-refractivity contribution in [1.29, 1.82) is 0 Å². The predicted molar refractivity (Wildman–Crippen MR) is 130 cm³/mol. The SMILES string of the molecule is NOCc1cccc(-c2cccc(COC(=O)[C@@H]3CCC(NOCc4ccccc4)CN3)c2)c1. The molecule has 1 heterocycles. The average Bonchev–Trinajstić information content (AvgIpc) is 2.89. The molecule has 0 spiro atoms. The first-order valence-electron chi connectivity index (χ1n) is 11.5. The van der Waals surface area contributed by atoms with Gasteiger partial charge in [0.1, 0.15) is 12.6 Å². The van der Waals surface area contributed by atoms with E-state index in [1.54, 1.807) is 0 Å². The summed E-state index contributed by atoms with van der Waals surface area (Å²) in [6.45, 7) is 1.74. The second-order valence-corrected chi connectivity index (χ2v) is 8.45. The fourth-order valence-corrected chi connectivity index (χ4v) is 4.01.